The number of carboxylic acid groups (broad SMARTS) is 1. The fourth-order valence-corrected chi connectivity index (χ4v) is 1.46. The van der Waals surface area contributed by atoms with Crippen LogP contribution in [0.2, 0.25) is 0 Å². The summed E-state index contributed by atoms with van der Waals surface area (Å²) < 4.78 is 43.3. The second kappa shape index (κ2) is 5.92. The summed E-state index contributed by atoms with van der Waals surface area (Å²) in [5.74, 6) is -1.89. The number of hydrogen-bond donors (Lipinski definition) is 2. The van der Waals surface area contributed by atoms with Crippen LogP contribution in [0.15, 0.2) is 18.2 Å². The maximum Gasteiger partial charge on any atom is 0.419 e. The number of aliphatic hydroxyl groups is 1. The Morgan fingerprint density at radius 2 is 2.05 bits per heavy atom. The Labute approximate surface area is 107 Å². The van der Waals surface area contributed by atoms with Gasteiger partial charge in [0.15, 0.2) is 6.10 Å². The quantitative estimate of drug-likeness (QED) is 0.868. The molecule has 0 radical (unpaired) electrons. The highest BCUT2D eigenvalue weighted by atomic mass is 19.4. The van der Waals surface area contributed by atoms with Crippen LogP contribution in [0.3, 0.4) is 0 Å². The van der Waals surface area contributed by atoms with Crippen molar-refractivity contribution in [1.82, 2.24) is 0 Å². The van der Waals surface area contributed by atoms with Gasteiger partial charge in [0.2, 0.25) is 0 Å². The topological polar surface area (TPSA) is 66.8 Å². The average molecular weight is 278 g/mol. The van der Waals surface area contributed by atoms with Crippen molar-refractivity contribution < 1.29 is 32.9 Å². The number of halogens is 3. The number of hydrogen-bond acceptors (Lipinski definition) is 3. The Morgan fingerprint density at radius 1 is 1.42 bits per heavy atom. The van der Waals surface area contributed by atoms with Gasteiger partial charge in [-0.25, -0.2) is 4.79 Å². The second-order valence-corrected chi connectivity index (χ2v) is 3.84. The van der Waals surface area contributed by atoms with Gasteiger partial charge in [0.25, 0.3) is 0 Å². The Kier molecular flexibility index (Phi) is 4.77. The predicted octanol–water partition coefficient (Wildman–Crippen LogP) is 2.44. The van der Waals surface area contributed by atoms with Gasteiger partial charge in [0, 0.05) is 0 Å². The molecule has 1 aromatic rings. The van der Waals surface area contributed by atoms with E-state index >= 15 is 0 Å². The third kappa shape index (κ3) is 3.85. The van der Waals surface area contributed by atoms with Gasteiger partial charge in [-0.2, -0.15) is 13.2 Å². The summed E-state index contributed by atoms with van der Waals surface area (Å²) >= 11 is 0. The van der Waals surface area contributed by atoms with E-state index in [2.05, 4.69) is 0 Å². The summed E-state index contributed by atoms with van der Waals surface area (Å²) in [5.41, 5.74) is -1.03. The second-order valence-electron chi connectivity index (χ2n) is 3.84. The summed E-state index contributed by atoms with van der Waals surface area (Å²) in [6, 6.07) is 3.00. The number of alkyl halides is 3. The van der Waals surface area contributed by atoms with Gasteiger partial charge < -0.3 is 14.9 Å². The molecule has 0 aliphatic carbocycles. The van der Waals surface area contributed by atoms with E-state index < -0.39 is 36.2 Å². The zero-order valence-corrected chi connectivity index (χ0v) is 10.1. The Bertz CT molecular complexity index is 457. The summed E-state index contributed by atoms with van der Waals surface area (Å²) in [6.07, 6.45) is -5.99. The summed E-state index contributed by atoms with van der Waals surface area (Å²) in [4.78, 5) is 10.8. The molecule has 0 amide bonds. The van der Waals surface area contributed by atoms with Crippen molar-refractivity contribution >= 4 is 5.97 Å². The molecule has 0 saturated heterocycles. The minimum atomic E-state index is -4.68. The third-order valence-electron chi connectivity index (χ3n) is 2.45. The van der Waals surface area contributed by atoms with Gasteiger partial charge in [0.1, 0.15) is 5.75 Å². The smallest absolute Gasteiger partial charge is 0.419 e. The van der Waals surface area contributed by atoms with Crippen LogP contribution in [0.25, 0.3) is 0 Å². The van der Waals surface area contributed by atoms with Crippen molar-refractivity contribution in [3.05, 3.63) is 29.3 Å². The van der Waals surface area contributed by atoms with Crippen LogP contribution in [-0.4, -0.2) is 22.3 Å². The molecule has 2 N–H and O–H groups in total. The fourth-order valence-electron chi connectivity index (χ4n) is 1.46. The highest BCUT2D eigenvalue weighted by Crippen LogP contribution is 2.37. The van der Waals surface area contributed by atoms with E-state index in [4.69, 9.17) is 14.9 Å². The summed E-state index contributed by atoms with van der Waals surface area (Å²) in [7, 11) is 0. The molecular weight excluding hydrogens is 265 g/mol. The Morgan fingerprint density at radius 3 is 2.47 bits per heavy atom. The monoisotopic (exact) mass is 278 g/mol. The lowest BCUT2D eigenvalue weighted by molar-refractivity contribution is -0.148. The minimum Gasteiger partial charge on any atom is -0.479 e. The third-order valence-corrected chi connectivity index (χ3v) is 2.45. The highest BCUT2D eigenvalue weighted by Gasteiger charge is 2.35. The van der Waals surface area contributed by atoms with E-state index in [1.54, 1.807) is 0 Å². The molecule has 106 valence electrons. The zero-order chi connectivity index (χ0) is 14.6. The molecule has 0 fully saturated rings. The first kappa shape index (κ1) is 15.3. The lowest BCUT2D eigenvalue weighted by Crippen LogP contribution is -2.27. The van der Waals surface area contributed by atoms with Crippen LogP contribution in [0.5, 0.6) is 5.75 Å². The minimum absolute atomic E-state index is 0.0361. The molecule has 0 bridgehead atoms. The van der Waals surface area contributed by atoms with Gasteiger partial charge >= 0.3 is 12.1 Å². The summed E-state index contributed by atoms with van der Waals surface area (Å²) in [5, 5.41) is 17.6. The molecule has 19 heavy (non-hydrogen) atoms. The molecule has 1 aromatic carbocycles. The average Bonchev–Trinajstić information content (AvgIpc) is 2.34. The van der Waals surface area contributed by atoms with E-state index in [1.807, 2.05) is 0 Å². The van der Waals surface area contributed by atoms with Gasteiger partial charge in [-0.1, -0.05) is 13.0 Å². The molecule has 0 saturated carbocycles. The number of aliphatic carboxylic acids is 1. The molecule has 7 heteroatoms. The molecule has 0 aromatic heterocycles. The van der Waals surface area contributed by atoms with Gasteiger partial charge in [0.05, 0.1) is 12.2 Å². The normalized spacial score (nSPS) is 13.1. The molecule has 0 heterocycles. The highest BCUT2D eigenvalue weighted by molar-refractivity contribution is 5.72. The van der Waals surface area contributed by atoms with E-state index in [9.17, 15) is 18.0 Å². The molecule has 0 spiro atoms. The lowest BCUT2D eigenvalue weighted by atomic mass is 10.1. The Hall–Kier alpha value is -1.76. The van der Waals surface area contributed by atoms with Crippen LogP contribution in [-0.2, 0) is 17.6 Å². The van der Waals surface area contributed by atoms with Crippen molar-refractivity contribution in [3.63, 3.8) is 0 Å². The molecule has 0 aliphatic heterocycles. The van der Waals surface area contributed by atoms with Crippen molar-refractivity contribution in [2.75, 3.05) is 0 Å². The van der Waals surface area contributed by atoms with Crippen molar-refractivity contribution in [2.45, 2.75) is 32.2 Å². The first-order valence-corrected chi connectivity index (χ1v) is 5.50. The lowest BCUT2D eigenvalue weighted by Gasteiger charge is -2.18. The van der Waals surface area contributed by atoms with Crippen molar-refractivity contribution in [2.24, 2.45) is 0 Å². The standard InChI is InChI=1S/C12H13F3O4/c1-2-9(11(17)18)19-10-4-3-7(6-16)5-8(10)12(13,14)15/h3-5,9,16H,2,6H2,1H3,(H,17,18). The van der Waals surface area contributed by atoms with Gasteiger partial charge in [-0.05, 0) is 24.1 Å². The number of carbonyl (C=O) groups is 1. The molecule has 1 unspecified atom stereocenters. The first-order chi connectivity index (χ1) is 8.79. The largest absolute Gasteiger partial charge is 0.479 e. The van der Waals surface area contributed by atoms with Crippen molar-refractivity contribution in [1.29, 1.82) is 0 Å². The van der Waals surface area contributed by atoms with E-state index in [0.29, 0.717) is 0 Å². The van der Waals surface area contributed by atoms with E-state index in [-0.39, 0.29) is 12.0 Å². The number of ether oxygens (including phenoxy) is 1. The number of rotatable bonds is 5. The number of aliphatic hydroxyl groups excluding tert-OH is 1. The van der Waals surface area contributed by atoms with E-state index in [1.165, 1.54) is 13.0 Å². The van der Waals surface area contributed by atoms with Gasteiger partial charge in [-0.3, -0.25) is 0 Å². The first-order valence-electron chi connectivity index (χ1n) is 5.50. The van der Waals surface area contributed by atoms with Crippen LogP contribution >= 0.6 is 0 Å². The van der Waals surface area contributed by atoms with Crippen molar-refractivity contribution in [3.8, 4) is 5.75 Å². The molecular formula is C12H13F3O4. The number of benzene rings is 1. The number of carboxylic acids is 1. The van der Waals surface area contributed by atoms with Crippen LogP contribution in [0, 0.1) is 0 Å². The molecule has 0 aliphatic rings. The van der Waals surface area contributed by atoms with Gasteiger partial charge in [-0.15, -0.1) is 0 Å². The zero-order valence-electron chi connectivity index (χ0n) is 10.1. The van der Waals surface area contributed by atoms with Crippen LogP contribution in [0.4, 0.5) is 13.2 Å². The van der Waals surface area contributed by atoms with E-state index in [0.717, 1.165) is 12.1 Å². The molecule has 1 rings (SSSR count). The Balaban J connectivity index is 3.16. The molecule has 1 atom stereocenters. The SMILES string of the molecule is CCC(Oc1ccc(CO)cc1C(F)(F)F)C(=O)O. The molecule has 4 nitrogen and oxygen atoms in total. The fraction of sp³-hybridized carbons (Fsp3) is 0.417. The maximum absolute atomic E-state index is 12.8. The maximum atomic E-state index is 12.8. The predicted molar refractivity (Wildman–Crippen MR) is 59.7 cm³/mol. The van der Waals surface area contributed by atoms with Crippen LogP contribution < -0.4 is 4.74 Å². The van der Waals surface area contributed by atoms with Crippen LogP contribution in [0.1, 0.15) is 24.5 Å². The summed E-state index contributed by atoms with van der Waals surface area (Å²) in [6.45, 7) is 0.952.